The number of carbonyl (C=O) groups is 1. The molecule has 11 heteroatoms. The molecule has 0 spiro atoms. The Balaban J connectivity index is 2.09. The molecule has 2 aromatic heterocycles. The van der Waals surface area contributed by atoms with Crippen molar-refractivity contribution in [3.63, 3.8) is 0 Å². The molecule has 2 aromatic rings. The molecule has 0 bridgehead atoms. The second-order valence-electron chi connectivity index (χ2n) is 5.33. The minimum absolute atomic E-state index is 0.0127. The number of hydrogen-bond acceptors (Lipinski definition) is 9. The van der Waals surface area contributed by atoms with E-state index in [1.54, 1.807) is 0 Å². The van der Waals surface area contributed by atoms with Gasteiger partial charge in [-0.05, 0) is 6.42 Å². The topological polar surface area (TPSA) is 125 Å². The number of thioether (sulfide) groups is 1. The molecular weight excluding hydrogens is 364 g/mol. The average molecular weight is 384 g/mol. The van der Waals surface area contributed by atoms with Crippen molar-refractivity contribution in [2.45, 2.75) is 24.1 Å². The third-order valence-corrected chi connectivity index (χ3v) is 5.54. The van der Waals surface area contributed by atoms with Crippen LogP contribution in [0.1, 0.15) is 30.1 Å². The van der Waals surface area contributed by atoms with E-state index in [2.05, 4.69) is 22.4 Å². The van der Waals surface area contributed by atoms with Gasteiger partial charge in [0.2, 0.25) is 5.13 Å². The van der Waals surface area contributed by atoms with E-state index in [4.69, 9.17) is 5.73 Å². The maximum atomic E-state index is 12.4. The molecule has 0 unspecified atom stereocenters. The van der Waals surface area contributed by atoms with Crippen LogP contribution in [0.25, 0.3) is 0 Å². The van der Waals surface area contributed by atoms with Gasteiger partial charge in [0.1, 0.15) is 11.4 Å². The minimum atomic E-state index is -0.689. The van der Waals surface area contributed by atoms with Crippen LogP contribution in [0.5, 0.6) is 0 Å². The Labute approximate surface area is 152 Å². The number of unbranched alkanes of at least 4 members (excludes halogenated alkanes) is 1. The first-order chi connectivity index (χ1) is 11.9. The highest BCUT2D eigenvalue weighted by molar-refractivity contribution is 8.01. The van der Waals surface area contributed by atoms with Crippen molar-refractivity contribution in [2.24, 2.45) is 14.1 Å². The lowest BCUT2D eigenvalue weighted by molar-refractivity contribution is 0.102. The lowest BCUT2D eigenvalue weighted by atomic mass is 10.2. The van der Waals surface area contributed by atoms with Crippen molar-refractivity contribution in [1.29, 1.82) is 0 Å². The van der Waals surface area contributed by atoms with E-state index in [1.807, 2.05) is 0 Å². The summed E-state index contributed by atoms with van der Waals surface area (Å²) < 4.78 is 2.57. The Hall–Kier alpha value is -2.14. The zero-order valence-electron chi connectivity index (χ0n) is 14.2. The fourth-order valence-electron chi connectivity index (χ4n) is 2.03. The van der Waals surface area contributed by atoms with Gasteiger partial charge in [-0.1, -0.05) is 36.4 Å². The first kappa shape index (κ1) is 19.2. The molecule has 2 rings (SSSR count). The molecule has 0 saturated heterocycles. The van der Waals surface area contributed by atoms with Gasteiger partial charge in [-0.3, -0.25) is 18.7 Å². The summed E-state index contributed by atoms with van der Waals surface area (Å²) in [5.74, 6) is -0.589. The average Bonchev–Trinajstić information content (AvgIpc) is 3.04. The van der Waals surface area contributed by atoms with Gasteiger partial charge < -0.3 is 11.1 Å². The highest BCUT2D eigenvalue weighted by Gasteiger charge is 2.20. The highest BCUT2D eigenvalue weighted by Crippen LogP contribution is 2.26. The molecule has 0 radical (unpaired) electrons. The number of Topliss-reactive ketones (excluding diaryl/α,β-unsaturated/α-hetero) is 1. The van der Waals surface area contributed by atoms with E-state index >= 15 is 0 Å². The zero-order chi connectivity index (χ0) is 18.6. The first-order valence-electron chi connectivity index (χ1n) is 7.65. The fourth-order valence-corrected chi connectivity index (χ4v) is 3.68. The fraction of sp³-hybridized carbons (Fsp3) is 0.500. The molecule has 3 N–H and O–H groups in total. The predicted molar refractivity (Wildman–Crippen MR) is 99.7 cm³/mol. The van der Waals surface area contributed by atoms with E-state index in [-0.39, 0.29) is 17.1 Å². The summed E-state index contributed by atoms with van der Waals surface area (Å²) >= 11 is 2.53. The van der Waals surface area contributed by atoms with Crippen LogP contribution in [-0.2, 0) is 14.1 Å². The monoisotopic (exact) mass is 384 g/mol. The van der Waals surface area contributed by atoms with Crippen molar-refractivity contribution < 1.29 is 4.79 Å². The molecule has 0 fully saturated rings. The number of rotatable bonds is 8. The summed E-state index contributed by atoms with van der Waals surface area (Å²) in [4.78, 5) is 36.4. The van der Waals surface area contributed by atoms with Crippen LogP contribution in [-0.4, -0.2) is 37.4 Å². The zero-order valence-corrected chi connectivity index (χ0v) is 15.9. The molecule has 0 aromatic carbocycles. The largest absolute Gasteiger partial charge is 0.384 e. The lowest BCUT2D eigenvalue weighted by Gasteiger charge is -2.10. The van der Waals surface area contributed by atoms with Crippen molar-refractivity contribution >= 4 is 39.8 Å². The Morgan fingerprint density at radius 3 is 2.68 bits per heavy atom. The maximum Gasteiger partial charge on any atom is 0.332 e. The Morgan fingerprint density at radius 1 is 1.28 bits per heavy atom. The van der Waals surface area contributed by atoms with Crippen LogP contribution in [0.2, 0.25) is 0 Å². The normalized spacial score (nSPS) is 10.8. The number of nitrogens with one attached hydrogen (secondary N) is 1. The Morgan fingerprint density at radius 2 is 2.00 bits per heavy atom. The van der Waals surface area contributed by atoms with Crippen molar-refractivity contribution in [1.82, 2.24) is 19.3 Å². The molecule has 0 saturated carbocycles. The van der Waals surface area contributed by atoms with E-state index in [1.165, 1.54) is 37.2 Å². The highest BCUT2D eigenvalue weighted by atomic mass is 32.2. The maximum absolute atomic E-state index is 12.4. The molecule has 0 aliphatic rings. The van der Waals surface area contributed by atoms with E-state index in [9.17, 15) is 14.4 Å². The summed E-state index contributed by atoms with van der Waals surface area (Å²) in [6, 6.07) is 0. The minimum Gasteiger partial charge on any atom is -0.384 e. The summed E-state index contributed by atoms with van der Waals surface area (Å²) in [7, 11) is 2.73. The molecule has 0 amide bonds. The van der Waals surface area contributed by atoms with E-state index < -0.39 is 17.0 Å². The Kier molecular flexibility index (Phi) is 6.37. The van der Waals surface area contributed by atoms with Gasteiger partial charge in [0.15, 0.2) is 10.1 Å². The molecule has 0 atom stereocenters. The number of nitrogen functional groups attached to an aromatic ring is 1. The van der Waals surface area contributed by atoms with Crippen LogP contribution in [0.15, 0.2) is 13.9 Å². The van der Waals surface area contributed by atoms with Crippen molar-refractivity contribution in [3.8, 4) is 0 Å². The number of aromatic nitrogens is 4. The van der Waals surface area contributed by atoms with Gasteiger partial charge in [0.05, 0.1) is 5.75 Å². The molecule has 136 valence electrons. The standard InChI is InChI=1S/C14H20N6O3S2/c1-4-5-6-16-12-17-18-13(25-12)24-7-8(21)9-10(15)19(2)14(23)20(3)11(9)22/h4-7,15H2,1-3H3,(H,16,17). The smallest absolute Gasteiger partial charge is 0.332 e. The first-order valence-corrected chi connectivity index (χ1v) is 9.45. The predicted octanol–water partition coefficient (Wildman–Crippen LogP) is 0.705. The van der Waals surface area contributed by atoms with Gasteiger partial charge in [-0.15, -0.1) is 10.2 Å². The van der Waals surface area contributed by atoms with Gasteiger partial charge in [0.25, 0.3) is 5.56 Å². The number of nitrogens with zero attached hydrogens (tertiary/aromatic N) is 4. The third kappa shape index (κ3) is 4.28. The second kappa shape index (κ2) is 8.30. The van der Waals surface area contributed by atoms with Crippen molar-refractivity contribution in [3.05, 3.63) is 26.4 Å². The summed E-state index contributed by atoms with van der Waals surface area (Å²) in [6.45, 7) is 2.92. The van der Waals surface area contributed by atoms with Crippen molar-refractivity contribution in [2.75, 3.05) is 23.3 Å². The van der Waals surface area contributed by atoms with Gasteiger partial charge in [-0.25, -0.2) is 4.79 Å². The second-order valence-corrected chi connectivity index (χ2v) is 7.53. The number of nitrogens with two attached hydrogens (primary N) is 1. The van der Waals surface area contributed by atoms with Gasteiger partial charge in [-0.2, -0.15) is 0 Å². The molecule has 2 heterocycles. The number of ketones is 1. The van der Waals surface area contributed by atoms with E-state index in [0.29, 0.717) is 9.47 Å². The van der Waals surface area contributed by atoms with Gasteiger partial charge >= 0.3 is 5.69 Å². The Bertz CT molecular complexity index is 886. The number of carbonyl (C=O) groups excluding carboxylic acids is 1. The van der Waals surface area contributed by atoms with Crippen LogP contribution < -0.4 is 22.3 Å². The van der Waals surface area contributed by atoms with E-state index in [0.717, 1.165) is 28.5 Å². The molecule has 0 aliphatic carbocycles. The third-order valence-electron chi connectivity index (χ3n) is 3.53. The summed E-state index contributed by atoms with van der Waals surface area (Å²) in [5.41, 5.74) is 4.34. The van der Waals surface area contributed by atoms with Crippen LogP contribution >= 0.6 is 23.1 Å². The summed E-state index contributed by atoms with van der Waals surface area (Å²) in [5, 5.41) is 11.9. The van der Waals surface area contributed by atoms with Crippen LogP contribution in [0, 0.1) is 0 Å². The quantitative estimate of drug-likeness (QED) is 0.387. The number of hydrogen-bond donors (Lipinski definition) is 2. The molecule has 25 heavy (non-hydrogen) atoms. The summed E-state index contributed by atoms with van der Waals surface area (Å²) in [6.07, 6.45) is 2.12. The van der Waals surface area contributed by atoms with Crippen LogP contribution in [0.3, 0.4) is 0 Å². The molecule has 9 nitrogen and oxygen atoms in total. The number of anilines is 2. The molecular formula is C14H20N6O3S2. The SMILES string of the molecule is CCCCNc1nnc(SCC(=O)c2c(N)n(C)c(=O)n(C)c2=O)s1. The van der Waals surface area contributed by atoms with Gasteiger partial charge in [0, 0.05) is 20.6 Å². The van der Waals surface area contributed by atoms with Crippen LogP contribution in [0.4, 0.5) is 10.9 Å². The lowest BCUT2D eigenvalue weighted by Crippen LogP contribution is -2.41. The molecule has 0 aliphatic heterocycles.